The summed E-state index contributed by atoms with van der Waals surface area (Å²) in [7, 11) is 1.53. The molecule has 0 bridgehead atoms. The molecule has 8 nitrogen and oxygen atoms in total. The first-order valence-electron chi connectivity index (χ1n) is 9.89. The third-order valence-corrected chi connectivity index (χ3v) is 6.28. The second-order valence-electron chi connectivity index (χ2n) is 7.30. The summed E-state index contributed by atoms with van der Waals surface area (Å²) >= 11 is 1.49. The minimum Gasteiger partial charge on any atom is -0.495 e. The maximum absolute atomic E-state index is 13.2. The number of ether oxygens (including phenoxy) is 1. The summed E-state index contributed by atoms with van der Waals surface area (Å²) in [5, 5.41) is 7.97. The minimum atomic E-state index is -0.490. The molecule has 0 radical (unpaired) electrons. The van der Waals surface area contributed by atoms with Crippen LogP contribution in [0.2, 0.25) is 0 Å². The van der Waals surface area contributed by atoms with Crippen LogP contribution in [-0.2, 0) is 16.1 Å². The van der Waals surface area contributed by atoms with E-state index in [0.29, 0.717) is 17.9 Å². The smallest absolute Gasteiger partial charge is 0.327 e. The Morgan fingerprint density at radius 3 is 2.87 bits per heavy atom. The van der Waals surface area contributed by atoms with Gasteiger partial charge in [-0.05, 0) is 43.0 Å². The van der Waals surface area contributed by atoms with Gasteiger partial charge < -0.3 is 20.3 Å². The van der Waals surface area contributed by atoms with Crippen LogP contribution >= 0.6 is 11.3 Å². The second kappa shape index (κ2) is 8.85. The van der Waals surface area contributed by atoms with E-state index >= 15 is 0 Å². The lowest BCUT2D eigenvalue weighted by Crippen LogP contribution is -2.69. The Labute approximate surface area is 178 Å². The summed E-state index contributed by atoms with van der Waals surface area (Å²) < 4.78 is 5.28. The summed E-state index contributed by atoms with van der Waals surface area (Å²) in [5.74, 6) is -0.00962. The van der Waals surface area contributed by atoms with Crippen molar-refractivity contribution in [2.75, 3.05) is 25.5 Å². The molecule has 1 aromatic heterocycles. The molecular weight excluding hydrogens is 404 g/mol. The average molecular weight is 429 g/mol. The fraction of sp³-hybridized carbons (Fsp3) is 0.381. The summed E-state index contributed by atoms with van der Waals surface area (Å²) in [6.45, 7) is 0.800. The van der Waals surface area contributed by atoms with Crippen molar-refractivity contribution in [2.45, 2.75) is 31.5 Å². The van der Waals surface area contributed by atoms with Crippen LogP contribution in [-0.4, -0.2) is 59.9 Å². The van der Waals surface area contributed by atoms with E-state index < -0.39 is 12.1 Å². The van der Waals surface area contributed by atoms with Crippen molar-refractivity contribution in [3.8, 4) is 5.75 Å². The maximum Gasteiger partial charge on any atom is 0.327 e. The highest BCUT2D eigenvalue weighted by molar-refractivity contribution is 7.09. The first-order valence-corrected chi connectivity index (χ1v) is 10.8. The average Bonchev–Trinajstić information content (AvgIpc) is 3.28. The Balaban J connectivity index is 1.54. The van der Waals surface area contributed by atoms with Gasteiger partial charge in [0.15, 0.2) is 0 Å². The Bertz CT molecular complexity index is 933. The zero-order valence-corrected chi connectivity index (χ0v) is 17.5. The fourth-order valence-electron chi connectivity index (χ4n) is 4.00. The molecule has 2 saturated heterocycles. The van der Waals surface area contributed by atoms with Crippen LogP contribution in [0.1, 0.15) is 17.7 Å². The van der Waals surface area contributed by atoms with E-state index in [1.165, 1.54) is 28.2 Å². The van der Waals surface area contributed by atoms with Crippen molar-refractivity contribution in [1.29, 1.82) is 0 Å². The van der Waals surface area contributed by atoms with Gasteiger partial charge in [-0.15, -0.1) is 11.3 Å². The SMILES string of the molecule is COc1ccccc1NC(=O)CN1C(=O)N(Cc2cccs2)C(=O)C2NCCCC21. The van der Waals surface area contributed by atoms with Gasteiger partial charge in [-0.2, -0.15) is 0 Å². The summed E-state index contributed by atoms with van der Waals surface area (Å²) in [5.41, 5.74) is 0.541. The highest BCUT2D eigenvalue weighted by Gasteiger charge is 2.47. The Morgan fingerprint density at radius 1 is 1.27 bits per heavy atom. The monoisotopic (exact) mass is 428 g/mol. The molecule has 2 fully saturated rings. The van der Waals surface area contributed by atoms with Gasteiger partial charge in [0.2, 0.25) is 11.8 Å². The lowest BCUT2D eigenvalue weighted by atomic mass is 9.93. The number of urea groups is 1. The molecule has 0 aliphatic carbocycles. The molecular formula is C21H24N4O4S. The number of carbonyl (C=O) groups excluding carboxylic acids is 3. The van der Waals surface area contributed by atoms with Gasteiger partial charge in [-0.25, -0.2) is 4.79 Å². The number of methoxy groups -OCH3 is 1. The van der Waals surface area contributed by atoms with Crippen LogP contribution in [0.25, 0.3) is 0 Å². The number of rotatable bonds is 6. The molecule has 4 amide bonds. The number of piperidine rings is 1. The molecule has 3 heterocycles. The number of fused-ring (bicyclic) bond motifs is 1. The zero-order chi connectivity index (χ0) is 21.1. The van der Waals surface area contributed by atoms with Crippen LogP contribution in [0.3, 0.4) is 0 Å². The van der Waals surface area contributed by atoms with E-state index in [9.17, 15) is 14.4 Å². The standard InChI is InChI=1S/C21H24N4O4S/c1-29-17-9-3-2-7-15(17)23-18(26)13-24-16-8-4-10-22-19(16)20(27)25(21(24)28)12-14-6-5-11-30-14/h2-3,5-7,9,11,16,19,22H,4,8,10,12-13H2,1H3,(H,23,26). The normalized spacial score (nSPS) is 21.4. The lowest BCUT2D eigenvalue weighted by molar-refractivity contribution is -0.138. The molecule has 158 valence electrons. The number of para-hydroxylation sites is 2. The molecule has 0 spiro atoms. The third-order valence-electron chi connectivity index (χ3n) is 5.42. The summed E-state index contributed by atoms with van der Waals surface area (Å²) in [4.78, 5) is 42.7. The number of benzene rings is 1. The van der Waals surface area contributed by atoms with Gasteiger partial charge in [0.05, 0.1) is 25.4 Å². The van der Waals surface area contributed by atoms with Crippen molar-refractivity contribution < 1.29 is 19.1 Å². The van der Waals surface area contributed by atoms with Gasteiger partial charge in [0.1, 0.15) is 18.3 Å². The zero-order valence-electron chi connectivity index (χ0n) is 16.7. The van der Waals surface area contributed by atoms with Gasteiger partial charge in [0.25, 0.3) is 0 Å². The summed E-state index contributed by atoms with van der Waals surface area (Å²) in [6.07, 6.45) is 1.53. The molecule has 9 heteroatoms. The van der Waals surface area contributed by atoms with E-state index in [0.717, 1.165) is 17.8 Å². The maximum atomic E-state index is 13.2. The molecule has 2 atom stereocenters. The van der Waals surface area contributed by atoms with Crippen molar-refractivity contribution in [2.24, 2.45) is 0 Å². The number of carbonyl (C=O) groups is 3. The number of nitrogens with one attached hydrogen (secondary N) is 2. The van der Waals surface area contributed by atoms with Crippen molar-refractivity contribution in [1.82, 2.24) is 15.1 Å². The van der Waals surface area contributed by atoms with E-state index in [2.05, 4.69) is 10.6 Å². The first kappa shape index (κ1) is 20.4. The number of anilines is 1. The predicted octanol–water partition coefficient (Wildman–Crippen LogP) is 2.28. The largest absolute Gasteiger partial charge is 0.495 e. The van der Waals surface area contributed by atoms with Crippen LogP contribution < -0.4 is 15.4 Å². The number of amides is 4. The summed E-state index contributed by atoms with van der Waals surface area (Å²) in [6, 6.07) is 9.65. The van der Waals surface area contributed by atoms with Crippen molar-refractivity contribution in [3.63, 3.8) is 0 Å². The molecule has 2 aromatic rings. The van der Waals surface area contributed by atoms with E-state index in [1.807, 2.05) is 23.6 Å². The van der Waals surface area contributed by atoms with Crippen LogP contribution in [0.4, 0.5) is 10.5 Å². The van der Waals surface area contributed by atoms with Crippen molar-refractivity contribution >= 4 is 34.9 Å². The van der Waals surface area contributed by atoms with Crippen molar-refractivity contribution in [3.05, 3.63) is 46.7 Å². The van der Waals surface area contributed by atoms with Crippen LogP contribution in [0.5, 0.6) is 5.75 Å². The first-order chi connectivity index (χ1) is 14.6. The molecule has 4 rings (SSSR count). The Hall–Kier alpha value is -2.91. The fourth-order valence-corrected chi connectivity index (χ4v) is 4.69. The van der Waals surface area contributed by atoms with Crippen LogP contribution in [0, 0.1) is 0 Å². The number of nitrogens with zero attached hydrogens (tertiary/aromatic N) is 2. The highest BCUT2D eigenvalue weighted by atomic mass is 32.1. The van der Waals surface area contributed by atoms with E-state index in [4.69, 9.17) is 4.74 Å². The molecule has 2 aliphatic rings. The van der Waals surface area contributed by atoms with Gasteiger partial charge in [-0.3, -0.25) is 14.5 Å². The van der Waals surface area contributed by atoms with Gasteiger partial charge in [-0.1, -0.05) is 18.2 Å². The van der Waals surface area contributed by atoms with Gasteiger partial charge >= 0.3 is 6.03 Å². The topological polar surface area (TPSA) is 91.0 Å². The Kier molecular flexibility index (Phi) is 6.01. The number of imide groups is 1. The molecule has 2 aliphatic heterocycles. The number of hydrogen-bond acceptors (Lipinski definition) is 6. The molecule has 0 saturated carbocycles. The third kappa shape index (κ3) is 4.03. The minimum absolute atomic E-state index is 0.131. The highest BCUT2D eigenvalue weighted by Crippen LogP contribution is 2.27. The number of hydrogen-bond donors (Lipinski definition) is 2. The van der Waals surface area contributed by atoms with E-state index in [-0.39, 0.29) is 30.9 Å². The lowest BCUT2D eigenvalue weighted by Gasteiger charge is -2.46. The molecule has 2 unspecified atom stereocenters. The molecule has 1 aromatic carbocycles. The second-order valence-corrected chi connectivity index (χ2v) is 8.34. The molecule has 30 heavy (non-hydrogen) atoms. The molecule has 2 N–H and O–H groups in total. The van der Waals surface area contributed by atoms with E-state index in [1.54, 1.807) is 18.2 Å². The number of thiophene rings is 1. The van der Waals surface area contributed by atoms with Crippen LogP contribution in [0.15, 0.2) is 41.8 Å². The van der Waals surface area contributed by atoms with Gasteiger partial charge in [0, 0.05) is 4.88 Å². The Morgan fingerprint density at radius 2 is 2.10 bits per heavy atom. The quantitative estimate of drug-likeness (QED) is 0.737. The predicted molar refractivity (Wildman–Crippen MR) is 113 cm³/mol.